The Balaban J connectivity index is 1.56. The highest BCUT2D eigenvalue weighted by Gasteiger charge is 2.62. The maximum Gasteiger partial charge on any atom is 0.242 e. The van der Waals surface area contributed by atoms with E-state index in [1.54, 1.807) is 7.05 Å². The van der Waals surface area contributed by atoms with Gasteiger partial charge in [0.15, 0.2) is 0 Å². The Bertz CT molecular complexity index is 1040. The number of amides is 1. The third-order valence-electron chi connectivity index (χ3n) is 8.22. The molecule has 0 radical (unpaired) electrons. The SMILES string of the molecule is C=C(N)N(C)C(=O)C1(C)c2cc(CCC3CC3)ccc2OC12CCc1ccccc1CC2. The van der Waals surface area contributed by atoms with Crippen LogP contribution in [-0.2, 0) is 29.5 Å². The van der Waals surface area contributed by atoms with E-state index in [2.05, 4.69) is 56.0 Å². The van der Waals surface area contributed by atoms with Gasteiger partial charge in [0.2, 0.25) is 5.91 Å². The molecule has 0 saturated heterocycles. The van der Waals surface area contributed by atoms with E-state index in [4.69, 9.17) is 10.5 Å². The Labute approximate surface area is 191 Å². The molecule has 1 unspecified atom stereocenters. The van der Waals surface area contributed by atoms with Crippen LogP contribution in [0.25, 0.3) is 0 Å². The first-order chi connectivity index (χ1) is 15.3. The Morgan fingerprint density at radius 2 is 1.81 bits per heavy atom. The molecule has 2 aliphatic carbocycles. The summed E-state index contributed by atoms with van der Waals surface area (Å²) >= 11 is 0. The van der Waals surface area contributed by atoms with Gasteiger partial charge in [0.25, 0.3) is 0 Å². The summed E-state index contributed by atoms with van der Waals surface area (Å²) in [7, 11) is 1.73. The second kappa shape index (κ2) is 7.68. The van der Waals surface area contributed by atoms with Crippen molar-refractivity contribution in [3.05, 3.63) is 77.1 Å². The van der Waals surface area contributed by atoms with Crippen molar-refractivity contribution in [3.8, 4) is 5.75 Å². The molecule has 4 nitrogen and oxygen atoms in total. The number of rotatable bonds is 5. The van der Waals surface area contributed by atoms with Crippen LogP contribution in [0.1, 0.15) is 61.3 Å². The van der Waals surface area contributed by atoms with Gasteiger partial charge in [-0.25, -0.2) is 0 Å². The lowest BCUT2D eigenvalue weighted by Crippen LogP contribution is -2.58. The highest BCUT2D eigenvalue weighted by atomic mass is 16.5. The third kappa shape index (κ3) is 3.32. The second-order valence-electron chi connectivity index (χ2n) is 10.2. The molecule has 1 fully saturated rings. The van der Waals surface area contributed by atoms with E-state index in [9.17, 15) is 4.79 Å². The molecule has 1 spiro atoms. The van der Waals surface area contributed by atoms with Gasteiger partial charge in [0.1, 0.15) is 16.8 Å². The highest BCUT2D eigenvalue weighted by molar-refractivity contribution is 5.92. The molecule has 1 heterocycles. The molecule has 1 saturated carbocycles. The van der Waals surface area contributed by atoms with Gasteiger partial charge in [-0.1, -0.05) is 55.8 Å². The molecular weight excluding hydrogens is 396 g/mol. The molecule has 2 aromatic rings. The van der Waals surface area contributed by atoms with Crippen LogP contribution < -0.4 is 10.5 Å². The molecule has 168 valence electrons. The number of benzene rings is 2. The Hall–Kier alpha value is -2.75. The van der Waals surface area contributed by atoms with Crippen molar-refractivity contribution in [1.29, 1.82) is 0 Å². The maximum absolute atomic E-state index is 14.0. The van der Waals surface area contributed by atoms with Gasteiger partial charge >= 0.3 is 0 Å². The first-order valence-corrected chi connectivity index (χ1v) is 12.0. The lowest BCUT2D eigenvalue weighted by Gasteiger charge is -2.42. The number of hydrogen-bond donors (Lipinski definition) is 1. The average molecular weight is 431 g/mol. The van der Waals surface area contributed by atoms with E-state index in [0.717, 1.165) is 49.3 Å². The number of nitrogens with two attached hydrogens (primary N) is 1. The van der Waals surface area contributed by atoms with Crippen LogP contribution >= 0.6 is 0 Å². The molecule has 1 atom stereocenters. The zero-order valence-corrected chi connectivity index (χ0v) is 19.3. The molecule has 1 amide bonds. The van der Waals surface area contributed by atoms with Crippen LogP contribution in [-0.4, -0.2) is 23.5 Å². The van der Waals surface area contributed by atoms with Crippen LogP contribution in [0.4, 0.5) is 0 Å². The predicted octanol–water partition coefficient (Wildman–Crippen LogP) is 4.89. The lowest BCUT2D eigenvalue weighted by atomic mass is 9.65. The first-order valence-electron chi connectivity index (χ1n) is 12.0. The molecular formula is C28H34N2O2. The smallest absolute Gasteiger partial charge is 0.242 e. The van der Waals surface area contributed by atoms with E-state index in [1.807, 2.05) is 0 Å². The minimum Gasteiger partial charge on any atom is -0.485 e. The molecule has 4 heteroatoms. The van der Waals surface area contributed by atoms with E-state index in [-0.39, 0.29) is 11.7 Å². The quantitative estimate of drug-likeness (QED) is 0.735. The predicted molar refractivity (Wildman–Crippen MR) is 127 cm³/mol. The highest BCUT2D eigenvalue weighted by Crippen LogP contribution is 2.55. The number of carbonyl (C=O) groups excluding carboxylic acids is 1. The van der Waals surface area contributed by atoms with Crippen molar-refractivity contribution >= 4 is 5.91 Å². The van der Waals surface area contributed by atoms with Gasteiger partial charge in [-0.2, -0.15) is 0 Å². The normalized spacial score (nSPS) is 23.1. The molecule has 3 aliphatic rings. The van der Waals surface area contributed by atoms with Gasteiger partial charge in [-0.3, -0.25) is 4.79 Å². The number of fused-ring (bicyclic) bond motifs is 2. The van der Waals surface area contributed by atoms with Crippen LogP contribution in [0, 0.1) is 5.92 Å². The lowest BCUT2D eigenvalue weighted by molar-refractivity contribution is -0.141. The van der Waals surface area contributed by atoms with E-state index >= 15 is 0 Å². The largest absolute Gasteiger partial charge is 0.485 e. The van der Waals surface area contributed by atoms with Crippen molar-refractivity contribution in [2.24, 2.45) is 11.7 Å². The zero-order chi connectivity index (χ0) is 22.5. The van der Waals surface area contributed by atoms with E-state index in [0.29, 0.717) is 0 Å². The van der Waals surface area contributed by atoms with Gasteiger partial charge in [0, 0.05) is 12.6 Å². The number of ether oxygens (including phenoxy) is 1. The fraction of sp³-hybridized carbons (Fsp3) is 0.464. The van der Waals surface area contributed by atoms with Crippen LogP contribution in [0.2, 0.25) is 0 Å². The summed E-state index contributed by atoms with van der Waals surface area (Å²) in [5, 5.41) is 0. The number of carbonyl (C=O) groups is 1. The minimum absolute atomic E-state index is 0.0333. The summed E-state index contributed by atoms with van der Waals surface area (Å²) in [4.78, 5) is 15.5. The van der Waals surface area contributed by atoms with E-state index in [1.165, 1.54) is 40.9 Å². The summed E-state index contributed by atoms with van der Waals surface area (Å²) in [6.45, 7) is 5.91. The topological polar surface area (TPSA) is 55.6 Å². The van der Waals surface area contributed by atoms with Crippen LogP contribution in [0.15, 0.2) is 54.9 Å². The molecule has 0 bridgehead atoms. The molecule has 5 rings (SSSR count). The number of nitrogens with zero attached hydrogens (tertiary/aromatic N) is 1. The van der Waals surface area contributed by atoms with Gasteiger partial charge < -0.3 is 15.4 Å². The summed E-state index contributed by atoms with van der Waals surface area (Å²) in [5.74, 6) is 1.96. The van der Waals surface area contributed by atoms with Crippen molar-refractivity contribution in [3.63, 3.8) is 0 Å². The van der Waals surface area contributed by atoms with Crippen molar-refractivity contribution in [2.45, 2.75) is 69.3 Å². The molecule has 2 N–H and O–H groups in total. The summed E-state index contributed by atoms with van der Waals surface area (Å²) in [6, 6.07) is 15.1. The molecule has 2 aromatic carbocycles. The molecule has 0 aromatic heterocycles. The fourth-order valence-corrected chi connectivity index (χ4v) is 5.77. The van der Waals surface area contributed by atoms with Gasteiger partial charge in [-0.15, -0.1) is 0 Å². The second-order valence-corrected chi connectivity index (χ2v) is 10.2. The number of likely N-dealkylation sites (N-methyl/N-ethyl adjacent to an activating group) is 1. The minimum atomic E-state index is -0.822. The number of aryl methyl sites for hydroxylation is 3. The third-order valence-corrected chi connectivity index (χ3v) is 8.22. The summed E-state index contributed by atoms with van der Waals surface area (Å²) < 4.78 is 6.79. The van der Waals surface area contributed by atoms with Gasteiger partial charge in [0.05, 0.1) is 5.82 Å². The molecule has 32 heavy (non-hydrogen) atoms. The van der Waals surface area contributed by atoms with Crippen LogP contribution in [0.3, 0.4) is 0 Å². The van der Waals surface area contributed by atoms with Crippen molar-refractivity contribution < 1.29 is 9.53 Å². The Morgan fingerprint density at radius 3 is 2.41 bits per heavy atom. The Kier molecular flexibility index (Phi) is 5.07. The number of hydrogen-bond acceptors (Lipinski definition) is 3. The monoisotopic (exact) mass is 430 g/mol. The molecule has 1 aliphatic heterocycles. The average Bonchev–Trinajstić information content (AvgIpc) is 3.61. The Morgan fingerprint density at radius 1 is 1.16 bits per heavy atom. The standard InChI is InChI=1S/C28H34N2O2/c1-19(29)30(3)26(31)27(2)24-18-21(11-10-20-8-9-20)12-13-25(24)32-28(27)16-14-22-6-4-5-7-23(22)15-17-28/h4-7,12-13,18,20H,1,8-11,14-17,29H2,2-3H3. The van der Waals surface area contributed by atoms with Crippen molar-refractivity contribution in [1.82, 2.24) is 4.90 Å². The van der Waals surface area contributed by atoms with Crippen molar-refractivity contribution in [2.75, 3.05) is 7.05 Å². The summed E-state index contributed by atoms with van der Waals surface area (Å²) in [6.07, 6.45) is 8.38. The maximum atomic E-state index is 14.0. The van der Waals surface area contributed by atoms with Crippen LogP contribution in [0.5, 0.6) is 5.75 Å². The first kappa shape index (κ1) is 21.1. The zero-order valence-electron chi connectivity index (χ0n) is 19.3. The van der Waals surface area contributed by atoms with E-state index < -0.39 is 11.0 Å². The van der Waals surface area contributed by atoms with Gasteiger partial charge in [-0.05, 0) is 74.1 Å². The summed E-state index contributed by atoms with van der Waals surface area (Å²) in [5.41, 5.74) is 9.58. The fourth-order valence-electron chi connectivity index (χ4n) is 5.77.